The third-order valence-electron chi connectivity index (χ3n) is 2.00. The Hall–Kier alpha value is -1.03. The fourth-order valence-corrected chi connectivity index (χ4v) is 1.15. The van der Waals surface area contributed by atoms with E-state index >= 15 is 0 Å². The molecule has 4 nitrogen and oxygen atoms in total. The van der Waals surface area contributed by atoms with Gasteiger partial charge in [-0.2, -0.15) is 0 Å². The Labute approximate surface area is 71.4 Å². The predicted octanol–water partition coefficient (Wildman–Crippen LogP) is 0.369. The van der Waals surface area contributed by atoms with Crippen molar-refractivity contribution in [3.63, 3.8) is 0 Å². The van der Waals surface area contributed by atoms with Crippen molar-refractivity contribution >= 4 is 0 Å². The van der Waals surface area contributed by atoms with Gasteiger partial charge in [0.15, 0.2) is 0 Å². The monoisotopic (exact) mass is 169 g/mol. The van der Waals surface area contributed by atoms with E-state index in [0.29, 0.717) is 5.92 Å². The van der Waals surface area contributed by atoms with Crippen molar-refractivity contribution in [1.82, 2.24) is 9.78 Å². The molecular formula is C8H15N3O. The zero-order valence-electron chi connectivity index (χ0n) is 7.66. The molecule has 0 aliphatic heterocycles. The van der Waals surface area contributed by atoms with Crippen molar-refractivity contribution < 1.29 is 0 Å². The summed E-state index contributed by atoms with van der Waals surface area (Å²) >= 11 is 0. The van der Waals surface area contributed by atoms with Gasteiger partial charge in [0.1, 0.15) is 0 Å². The summed E-state index contributed by atoms with van der Waals surface area (Å²) in [5.74, 6) is 0.339. The van der Waals surface area contributed by atoms with Crippen LogP contribution in [0.4, 0.5) is 0 Å². The number of nitrogens with zero attached hydrogens (tertiary/aromatic N) is 1. The molecule has 4 heteroatoms. The van der Waals surface area contributed by atoms with Crippen molar-refractivity contribution in [3.8, 4) is 0 Å². The summed E-state index contributed by atoms with van der Waals surface area (Å²) in [5.41, 5.74) is 6.63. The van der Waals surface area contributed by atoms with Gasteiger partial charge >= 0.3 is 0 Å². The average molecular weight is 169 g/mol. The summed E-state index contributed by atoms with van der Waals surface area (Å²) in [6.07, 6.45) is 0. The zero-order valence-corrected chi connectivity index (χ0v) is 7.66. The maximum Gasteiger partial charge on any atom is 0.264 e. The second kappa shape index (κ2) is 3.15. The van der Waals surface area contributed by atoms with Crippen LogP contribution in [0.5, 0.6) is 0 Å². The molecule has 0 saturated carbocycles. The van der Waals surface area contributed by atoms with Gasteiger partial charge < -0.3 is 5.73 Å². The Morgan fingerprint density at radius 2 is 2.17 bits per heavy atom. The van der Waals surface area contributed by atoms with Crippen LogP contribution in [0.1, 0.15) is 25.6 Å². The second-order valence-electron chi connectivity index (χ2n) is 3.37. The van der Waals surface area contributed by atoms with E-state index in [4.69, 9.17) is 5.73 Å². The molecule has 0 fully saturated rings. The van der Waals surface area contributed by atoms with Crippen molar-refractivity contribution in [2.45, 2.75) is 19.9 Å². The number of hydrogen-bond acceptors (Lipinski definition) is 2. The number of aryl methyl sites for hydroxylation is 1. The Morgan fingerprint density at radius 1 is 1.58 bits per heavy atom. The van der Waals surface area contributed by atoms with Gasteiger partial charge in [0.2, 0.25) is 0 Å². The first-order valence-electron chi connectivity index (χ1n) is 4.04. The van der Waals surface area contributed by atoms with Crippen LogP contribution in [0, 0.1) is 5.92 Å². The summed E-state index contributed by atoms with van der Waals surface area (Å²) in [6, 6.07) is 1.47. The summed E-state index contributed by atoms with van der Waals surface area (Å²) in [7, 11) is 1.79. The highest BCUT2D eigenvalue weighted by molar-refractivity contribution is 5.06. The van der Waals surface area contributed by atoms with Gasteiger partial charge in [-0.25, -0.2) is 0 Å². The summed E-state index contributed by atoms with van der Waals surface area (Å²) in [5, 5.41) is 2.62. The average Bonchev–Trinajstić information content (AvgIpc) is 2.28. The fourth-order valence-electron chi connectivity index (χ4n) is 1.15. The van der Waals surface area contributed by atoms with Crippen LogP contribution in [0.2, 0.25) is 0 Å². The van der Waals surface area contributed by atoms with E-state index in [1.165, 1.54) is 0 Å². The van der Waals surface area contributed by atoms with Gasteiger partial charge in [-0.05, 0) is 5.92 Å². The van der Waals surface area contributed by atoms with Crippen LogP contribution in [0.3, 0.4) is 0 Å². The first-order chi connectivity index (χ1) is 5.52. The lowest BCUT2D eigenvalue weighted by Crippen LogP contribution is -2.19. The molecule has 0 saturated heterocycles. The molecule has 0 aliphatic carbocycles. The number of aromatic amines is 1. The normalized spacial score (nSPS) is 13.8. The quantitative estimate of drug-likeness (QED) is 0.671. The van der Waals surface area contributed by atoms with Crippen LogP contribution < -0.4 is 11.3 Å². The predicted molar refractivity (Wildman–Crippen MR) is 47.8 cm³/mol. The molecule has 1 rings (SSSR count). The number of rotatable bonds is 2. The molecule has 1 unspecified atom stereocenters. The molecule has 3 N–H and O–H groups in total. The third kappa shape index (κ3) is 1.58. The molecule has 1 aromatic rings. The van der Waals surface area contributed by atoms with Crippen LogP contribution in [-0.4, -0.2) is 9.78 Å². The maximum absolute atomic E-state index is 10.9. The number of nitrogens with two attached hydrogens (primary N) is 1. The lowest BCUT2D eigenvalue weighted by Gasteiger charge is -2.15. The lowest BCUT2D eigenvalue weighted by molar-refractivity contribution is 0.480. The van der Waals surface area contributed by atoms with Gasteiger partial charge in [0.25, 0.3) is 5.56 Å². The molecule has 68 valence electrons. The van der Waals surface area contributed by atoms with E-state index in [0.717, 1.165) is 5.69 Å². The Kier molecular flexibility index (Phi) is 2.38. The highest BCUT2D eigenvalue weighted by atomic mass is 16.1. The van der Waals surface area contributed by atoms with Crippen molar-refractivity contribution in [2.75, 3.05) is 0 Å². The van der Waals surface area contributed by atoms with E-state index in [1.54, 1.807) is 17.8 Å². The van der Waals surface area contributed by atoms with Crippen LogP contribution in [0.15, 0.2) is 10.9 Å². The molecule has 0 aromatic carbocycles. The van der Waals surface area contributed by atoms with Crippen molar-refractivity contribution in [2.24, 2.45) is 18.7 Å². The Morgan fingerprint density at radius 3 is 2.50 bits per heavy atom. The van der Waals surface area contributed by atoms with Gasteiger partial charge in [0.05, 0.1) is 5.69 Å². The van der Waals surface area contributed by atoms with E-state index in [1.807, 2.05) is 13.8 Å². The minimum Gasteiger partial charge on any atom is -0.322 e. The largest absolute Gasteiger partial charge is 0.322 e. The molecule has 1 heterocycles. The van der Waals surface area contributed by atoms with E-state index in [9.17, 15) is 4.79 Å². The minimum atomic E-state index is -0.0939. The van der Waals surface area contributed by atoms with Crippen LogP contribution in [0.25, 0.3) is 0 Å². The van der Waals surface area contributed by atoms with Gasteiger partial charge in [0, 0.05) is 19.2 Å². The Balaban J connectivity index is 3.02. The molecule has 0 radical (unpaired) electrons. The van der Waals surface area contributed by atoms with Crippen LogP contribution >= 0.6 is 0 Å². The lowest BCUT2D eigenvalue weighted by atomic mass is 10.0. The van der Waals surface area contributed by atoms with Gasteiger partial charge in [-0.3, -0.25) is 14.6 Å². The topological polar surface area (TPSA) is 63.8 Å². The van der Waals surface area contributed by atoms with Gasteiger partial charge in [-0.1, -0.05) is 13.8 Å². The van der Waals surface area contributed by atoms with Crippen molar-refractivity contribution in [1.29, 1.82) is 0 Å². The molecule has 0 amide bonds. The highest BCUT2D eigenvalue weighted by Crippen LogP contribution is 2.15. The molecule has 1 atom stereocenters. The number of aromatic nitrogens is 2. The molecule has 0 spiro atoms. The Bertz CT molecular complexity index is 310. The molecule has 0 bridgehead atoms. The smallest absolute Gasteiger partial charge is 0.264 e. The molecule has 12 heavy (non-hydrogen) atoms. The minimum absolute atomic E-state index is 0.0750. The zero-order chi connectivity index (χ0) is 9.30. The number of H-pyrrole nitrogens is 1. The molecular weight excluding hydrogens is 154 g/mol. The second-order valence-corrected chi connectivity index (χ2v) is 3.37. The standard InChI is InChI=1S/C8H15N3O/c1-5(2)8(9)6-4-7(12)10-11(6)3/h4-5,8H,9H2,1-3H3,(H,10,12). The third-order valence-corrected chi connectivity index (χ3v) is 2.00. The summed E-state index contributed by atoms with van der Waals surface area (Å²) < 4.78 is 1.67. The van der Waals surface area contributed by atoms with Crippen molar-refractivity contribution in [3.05, 3.63) is 22.1 Å². The SMILES string of the molecule is CC(C)C(N)c1cc(=O)[nH]n1C. The van der Waals surface area contributed by atoms with E-state index in [2.05, 4.69) is 5.10 Å². The van der Waals surface area contributed by atoms with Crippen LogP contribution in [-0.2, 0) is 7.05 Å². The fraction of sp³-hybridized carbons (Fsp3) is 0.625. The number of hydrogen-bond donors (Lipinski definition) is 2. The highest BCUT2D eigenvalue weighted by Gasteiger charge is 2.14. The summed E-state index contributed by atoms with van der Waals surface area (Å²) in [6.45, 7) is 4.06. The van der Waals surface area contributed by atoms with E-state index < -0.39 is 0 Å². The molecule has 0 aliphatic rings. The maximum atomic E-state index is 10.9. The summed E-state index contributed by atoms with van der Waals surface area (Å²) in [4.78, 5) is 10.9. The first-order valence-corrected chi connectivity index (χ1v) is 4.04. The first kappa shape index (κ1) is 9.06. The number of nitrogens with one attached hydrogen (secondary N) is 1. The van der Waals surface area contributed by atoms with Gasteiger partial charge in [-0.15, -0.1) is 0 Å². The van der Waals surface area contributed by atoms with E-state index in [-0.39, 0.29) is 11.6 Å². The molecule has 1 aromatic heterocycles.